The quantitative estimate of drug-likeness (QED) is 0.651. The van der Waals surface area contributed by atoms with Crippen molar-refractivity contribution in [2.75, 3.05) is 5.32 Å². The summed E-state index contributed by atoms with van der Waals surface area (Å²) in [6.07, 6.45) is 0.608. The first kappa shape index (κ1) is 11.0. The summed E-state index contributed by atoms with van der Waals surface area (Å²) in [4.78, 5) is 10.3. The standard InChI is InChI=1S/C8H6Br2ClNO/c1-4-2-5(9)8(12-3-13)6(10)7(4)11/h2-3H,1H3,(H,12,13). The lowest BCUT2D eigenvalue weighted by Crippen LogP contribution is -1.97. The summed E-state index contributed by atoms with van der Waals surface area (Å²) in [7, 11) is 0. The number of rotatable bonds is 2. The van der Waals surface area contributed by atoms with Crippen molar-refractivity contribution < 1.29 is 4.79 Å². The second-order valence-corrected chi connectivity index (χ2v) is 4.47. The minimum absolute atomic E-state index is 0.604. The summed E-state index contributed by atoms with van der Waals surface area (Å²) in [5.41, 5.74) is 1.59. The van der Waals surface area contributed by atoms with E-state index in [1.165, 1.54) is 0 Å². The Morgan fingerprint density at radius 3 is 2.69 bits per heavy atom. The monoisotopic (exact) mass is 325 g/mol. The highest BCUT2D eigenvalue weighted by molar-refractivity contribution is 9.11. The summed E-state index contributed by atoms with van der Waals surface area (Å²) < 4.78 is 1.49. The molecule has 0 saturated heterocycles. The number of hydrogen-bond donors (Lipinski definition) is 1. The Kier molecular flexibility index (Phi) is 3.76. The van der Waals surface area contributed by atoms with E-state index in [1.807, 2.05) is 13.0 Å². The first-order chi connectivity index (χ1) is 6.07. The number of amides is 1. The third-order valence-electron chi connectivity index (χ3n) is 1.54. The largest absolute Gasteiger partial charge is 0.327 e. The summed E-state index contributed by atoms with van der Waals surface area (Å²) >= 11 is 12.6. The van der Waals surface area contributed by atoms with Gasteiger partial charge in [0.2, 0.25) is 6.41 Å². The van der Waals surface area contributed by atoms with E-state index in [0.29, 0.717) is 21.6 Å². The third kappa shape index (κ3) is 2.24. The van der Waals surface area contributed by atoms with Crippen molar-refractivity contribution in [3.05, 3.63) is 25.6 Å². The van der Waals surface area contributed by atoms with Gasteiger partial charge in [-0.15, -0.1) is 0 Å². The van der Waals surface area contributed by atoms with Gasteiger partial charge in [-0.1, -0.05) is 11.6 Å². The van der Waals surface area contributed by atoms with E-state index >= 15 is 0 Å². The molecule has 2 nitrogen and oxygen atoms in total. The first-order valence-electron chi connectivity index (χ1n) is 3.42. The van der Waals surface area contributed by atoms with Crippen molar-refractivity contribution >= 4 is 55.6 Å². The van der Waals surface area contributed by atoms with E-state index < -0.39 is 0 Å². The highest BCUT2D eigenvalue weighted by atomic mass is 79.9. The molecule has 0 unspecified atom stereocenters. The number of carbonyl (C=O) groups excluding carboxylic acids is 1. The number of benzene rings is 1. The molecule has 0 spiro atoms. The van der Waals surface area contributed by atoms with Crippen molar-refractivity contribution in [3.8, 4) is 0 Å². The van der Waals surface area contributed by atoms with Crippen LogP contribution in [-0.4, -0.2) is 6.41 Å². The van der Waals surface area contributed by atoms with Gasteiger partial charge in [-0.2, -0.15) is 0 Å². The molecule has 0 aliphatic rings. The molecule has 5 heteroatoms. The van der Waals surface area contributed by atoms with Crippen LogP contribution < -0.4 is 5.32 Å². The predicted molar refractivity (Wildman–Crippen MR) is 61.3 cm³/mol. The van der Waals surface area contributed by atoms with Crippen LogP contribution in [0, 0.1) is 6.92 Å². The predicted octanol–water partition coefficient (Wildman–Crippen LogP) is 3.74. The van der Waals surface area contributed by atoms with Crippen LogP contribution in [0.4, 0.5) is 5.69 Å². The summed E-state index contributed by atoms with van der Waals surface area (Å²) in [5, 5.41) is 3.16. The molecule has 0 aliphatic carbocycles. The van der Waals surface area contributed by atoms with Gasteiger partial charge in [-0.25, -0.2) is 0 Å². The molecule has 1 N–H and O–H groups in total. The minimum Gasteiger partial charge on any atom is -0.327 e. The Balaban J connectivity index is 3.34. The molecule has 0 aromatic heterocycles. The number of anilines is 1. The summed E-state index contributed by atoms with van der Waals surface area (Å²) in [6, 6.07) is 1.85. The number of hydrogen-bond acceptors (Lipinski definition) is 1. The third-order valence-corrected chi connectivity index (χ3v) is 3.68. The van der Waals surface area contributed by atoms with E-state index in [4.69, 9.17) is 11.6 Å². The van der Waals surface area contributed by atoms with Crippen LogP contribution in [0.5, 0.6) is 0 Å². The topological polar surface area (TPSA) is 29.1 Å². The highest BCUT2D eigenvalue weighted by Gasteiger charge is 2.10. The number of carbonyl (C=O) groups is 1. The Hall–Kier alpha value is -0.0600. The van der Waals surface area contributed by atoms with E-state index in [-0.39, 0.29) is 0 Å². The Labute approximate surface area is 97.9 Å². The fourth-order valence-electron chi connectivity index (χ4n) is 0.905. The normalized spacial score (nSPS) is 9.85. The molecule has 0 heterocycles. The Morgan fingerprint density at radius 2 is 2.15 bits per heavy atom. The Bertz CT molecular complexity index is 354. The minimum atomic E-state index is 0.604. The molecule has 1 amide bonds. The molecule has 0 atom stereocenters. The van der Waals surface area contributed by atoms with Gasteiger partial charge in [-0.05, 0) is 50.4 Å². The molecule has 0 aliphatic heterocycles. The first-order valence-corrected chi connectivity index (χ1v) is 5.38. The molecule has 13 heavy (non-hydrogen) atoms. The SMILES string of the molecule is Cc1cc(Br)c(NC=O)c(Br)c1Cl. The average molecular weight is 327 g/mol. The second-order valence-electron chi connectivity index (χ2n) is 2.44. The highest BCUT2D eigenvalue weighted by Crippen LogP contribution is 2.38. The fourth-order valence-corrected chi connectivity index (χ4v) is 2.62. The van der Waals surface area contributed by atoms with Crippen LogP contribution in [0.2, 0.25) is 5.02 Å². The van der Waals surface area contributed by atoms with E-state index in [1.54, 1.807) is 0 Å². The maximum Gasteiger partial charge on any atom is 0.211 e. The van der Waals surface area contributed by atoms with Crippen molar-refractivity contribution in [2.45, 2.75) is 6.92 Å². The van der Waals surface area contributed by atoms with E-state index in [2.05, 4.69) is 37.2 Å². The zero-order chi connectivity index (χ0) is 10.0. The summed E-state index contributed by atoms with van der Waals surface area (Å²) in [5.74, 6) is 0. The van der Waals surface area contributed by atoms with Crippen molar-refractivity contribution in [2.24, 2.45) is 0 Å². The van der Waals surface area contributed by atoms with Gasteiger partial charge >= 0.3 is 0 Å². The maximum absolute atomic E-state index is 10.3. The van der Waals surface area contributed by atoms with Crippen LogP contribution in [0.1, 0.15) is 5.56 Å². The van der Waals surface area contributed by atoms with Gasteiger partial charge in [0.05, 0.1) is 15.2 Å². The lowest BCUT2D eigenvalue weighted by atomic mass is 10.2. The van der Waals surface area contributed by atoms with Gasteiger partial charge in [0.25, 0.3) is 0 Å². The number of aryl methyl sites for hydroxylation is 1. The van der Waals surface area contributed by atoms with Gasteiger partial charge in [-0.3, -0.25) is 4.79 Å². The molecule has 0 fully saturated rings. The zero-order valence-corrected chi connectivity index (χ0v) is 10.6. The smallest absolute Gasteiger partial charge is 0.211 e. The number of nitrogens with one attached hydrogen (secondary N) is 1. The van der Waals surface area contributed by atoms with Crippen LogP contribution in [-0.2, 0) is 4.79 Å². The molecule has 1 aromatic carbocycles. The molecule has 1 rings (SSSR count). The van der Waals surface area contributed by atoms with Crippen molar-refractivity contribution in [1.29, 1.82) is 0 Å². The zero-order valence-electron chi connectivity index (χ0n) is 6.70. The van der Waals surface area contributed by atoms with E-state index in [9.17, 15) is 4.79 Å². The lowest BCUT2D eigenvalue weighted by molar-refractivity contribution is -0.105. The number of halogens is 3. The van der Waals surface area contributed by atoms with Gasteiger partial charge in [0.1, 0.15) is 0 Å². The van der Waals surface area contributed by atoms with Crippen LogP contribution in [0.15, 0.2) is 15.0 Å². The molecule has 0 saturated carbocycles. The fraction of sp³-hybridized carbons (Fsp3) is 0.125. The molecule has 0 radical (unpaired) electrons. The van der Waals surface area contributed by atoms with Crippen LogP contribution in [0.3, 0.4) is 0 Å². The van der Waals surface area contributed by atoms with Crippen LogP contribution in [0.25, 0.3) is 0 Å². The van der Waals surface area contributed by atoms with Crippen molar-refractivity contribution in [1.82, 2.24) is 0 Å². The molecule has 70 valence electrons. The molecule has 0 bridgehead atoms. The maximum atomic E-state index is 10.3. The molecular weight excluding hydrogens is 321 g/mol. The average Bonchev–Trinajstić information content (AvgIpc) is 2.09. The van der Waals surface area contributed by atoms with Gasteiger partial charge in [0.15, 0.2) is 0 Å². The molecule has 1 aromatic rings. The van der Waals surface area contributed by atoms with E-state index in [0.717, 1.165) is 10.0 Å². The Morgan fingerprint density at radius 1 is 1.54 bits per heavy atom. The van der Waals surface area contributed by atoms with Gasteiger partial charge < -0.3 is 5.32 Å². The summed E-state index contributed by atoms with van der Waals surface area (Å²) in [6.45, 7) is 1.89. The van der Waals surface area contributed by atoms with Gasteiger partial charge in [0, 0.05) is 4.47 Å². The van der Waals surface area contributed by atoms with Crippen LogP contribution >= 0.6 is 43.5 Å². The lowest BCUT2D eigenvalue weighted by Gasteiger charge is -2.09. The molecular formula is C8H6Br2ClNO. The van der Waals surface area contributed by atoms with Crippen molar-refractivity contribution in [3.63, 3.8) is 0 Å². The second kappa shape index (κ2) is 4.44.